The Morgan fingerprint density at radius 3 is 2.21 bits per heavy atom. The molecule has 2 saturated heterocycles. The molecule has 1 aromatic rings. The fourth-order valence-electron chi connectivity index (χ4n) is 3.38. The van der Waals surface area contributed by atoms with Crippen molar-refractivity contribution in [1.82, 2.24) is 14.7 Å². The first-order valence-corrected chi connectivity index (χ1v) is 9.07. The van der Waals surface area contributed by atoms with Gasteiger partial charge in [0.25, 0.3) is 5.91 Å². The van der Waals surface area contributed by atoms with E-state index in [0.717, 1.165) is 19.6 Å². The quantitative estimate of drug-likeness (QED) is 0.836. The van der Waals surface area contributed by atoms with Gasteiger partial charge in [0.2, 0.25) is 5.91 Å². The Bertz CT molecular complexity index is 594. The molecule has 130 valence electrons. The standard InChI is InChI=1S/C18H24ClN3O2/c19-16-6-2-1-5-15(16)18(24)22-13-11-21(12-14-22)17(23)7-10-20-8-3-4-9-20/h1-2,5-6H,3-4,7-14H2. The van der Waals surface area contributed by atoms with Gasteiger partial charge >= 0.3 is 0 Å². The molecule has 0 N–H and O–H groups in total. The van der Waals surface area contributed by atoms with E-state index < -0.39 is 0 Å². The molecule has 0 saturated carbocycles. The summed E-state index contributed by atoms with van der Waals surface area (Å²) in [6.07, 6.45) is 3.08. The second-order valence-electron chi connectivity index (χ2n) is 6.45. The highest BCUT2D eigenvalue weighted by Crippen LogP contribution is 2.18. The second kappa shape index (κ2) is 7.99. The van der Waals surface area contributed by atoms with Gasteiger partial charge in [0.05, 0.1) is 10.6 Å². The topological polar surface area (TPSA) is 43.9 Å². The van der Waals surface area contributed by atoms with Crippen LogP contribution in [0.4, 0.5) is 0 Å². The number of carbonyl (C=O) groups is 2. The number of halogens is 1. The van der Waals surface area contributed by atoms with Crippen molar-refractivity contribution in [2.45, 2.75) is 19.3 Å². The van der Waals surface area contributed by atoms with Gasteiger partial charge in [-0.15, -0.1) is 0 Å². The number of amides is 2. The summed E-state index contributed by atoms with van der Waals surface area (Å²) in [7, 11) is 0. The van der Waals surface area contributed by atoms with Gasteiger partial charge in [0.1, 0.15) is 0 Å². The zero-order valence-corrected chi connectivity index (χ0v) is 14.7. The lowest BCUT2D eigenvalue weighted by Gasteiger charge is -2.35. The third-order valence-corrected chi connectivity index (χ3v) is 5.19. The summed E-state index contributed by atoms with van der Waals surface area (Å²) in [5.41, 5.74) is 0.535. The highest BCUT2D eigenvalue weighted by atomic mass is 35.5. The number of hydrogen-bond donors (Lipinski definition) is 0. The molecular formula is C18H24ClN3O2. The number of hydrogen-bond acceptors (Lipinski definition) is 3. The molecule has 0 radical (unpaired) electrons. The van der Waals surface area contributed by atoms with Crippen molar-refractivity contribution in [3.63, 3.8) is 0 Å². The predicted octanol–water partition coefficient (Wildman–Crippen LogP) is 2.11. The summed E-state index contributed by atoms with van der Waals surface area (Å²) in [5, 5.41) is 0.478. The summed E-state index contributed by atoms with van der Waals surface area (Å²) in [4.78, 5) is 30.9. The van der Waals surface area contributed by atoms with Crippen LogP contribution in [0.25, 0.3) is 0 Å². The van der Waals surface area contributed by atoms with Crippen LogP contribution in [0, 0.1) is 0 Å². The number of rotatable bonds is 4. The van der Waals surface area contributed by atoms with Crippen molar-refractivity contribution in [2.75, 3.05) is 45.8 Å². The summed E-state index contributed by atoms with van der Waals surface area (Å²) < 4.78 is 0. The average Bonchev–Trinajstić information content (AvgIpc) is 3.13. The molecular weight excluding hydrogens is 326 g/mol. The molecule has 0 aromatic heterocycles. The summed E-state index contributed by atoms with van der Waals surface area (Å²) in [6.45, 7) is 5.45. The van der Waals surface area contributed by atoms with Gasteiger partial charge in [-0.1, -0.05) is 23.7 Å². The van der Waals surface area contributed by atoms with E-state index in [1.54, 1.807) is 17.0 Å². The number of benzene rings is 1. The van der Waals surface area contributed by atoms with Crippen LogP contribution in [0.1, 0.15) is 29.6 Å². The normalized spacial score (nSPS) is 18.9. The van der Waals surface area contributed by atoms with Crippen LogP contribution < -0.4 is 0 Å². The van der Waals surface area contributed by atoms with Crippen molar-refractivity contribution in [3.8, 4) is 0 Å². The van der Waals surface area contributed by atoms with Crippen molar-refractivity contribution in [3.05, 3.63) is 34.9 Å². The smallest absolute Gasteiger partial charge is 0.255 e. The van der Waals surface area contributed by atoms with Crippen LogP contribution in [-0.2, 0) is 4.79 Å². The van der Waals surface area contributed by atoms with Gasteiger partial charge in [-0.25, -0.2) is 0 Å². The Hall–Kier alpha value is -1.59. The van der Waals surface area contributed by atoms with Crippen LogP contribution in [0.5, 0.6) is 0 Å². The molecule has 2 aliphatic heterocycles. The zero-order chi connectivity index (χ0) is 16.9. The lowest BCUT2D eigenvalue weighted by molar-refractivity contribution is -0.133. The van der Waals surface area contributed by atoms with E-state index in [2.05, 4.69) is 4.90 Å². The first-order valence-electron chi connectivity index (χ1n) is 8.69. The van der Waals surface area contributed by atoms with Crippen molar-refractivity contribution in [2.24, 2.45) is 0 Å². The number of likely N-dealkylation sites (tertiary alicyclic amines) is 1. The maximum absolute atomic E-state index is 12.5. The van der Waals surface area contributed by atoms with Gasteiger partial charge in [0.15, 0.2) is 0 Å². The van der Waals surface area contributed by atoms with Gasteiger partial charge in [0, 0.05) is 39.1 Å². The Kier molecular flexibility index (Phi) is 5.74. The highest BCUT2D eigenvalue weighted by molar-refractivity contribution is 6.33. The van der Waals surface area contributed by atoms with Crippen LogP contribution in [0.15, 0.2) is 24.3 Å². The fraction of sp³-hybridized carbons (Fsp3) is 0.556. The molecule has 24 heavy (non-hydrogen) atoms. The molecule has 5 nitrogen and oxygen atoms in total. The Morgan fingerprint density at radius 2 is 1.54 bits per heavy atom. The lowest BCUT2D eigenvalue weighted by Crippen LogP contribution is -2.51. The largest absolute Gasteiger partial charge is 0.339 e. The van der Waals surface area contributed by atoms with E-state index in [9.17, 15) is 9.59 Å². The maximum atomic E-state index is 12.5. The maximum Gasteiger partial charge on any atom is 0.255 e. The molecule has 0 atom stereocenters. The van der Waals surface area contributed by atoms with E-state index in [0.29, 0.717) is 43.2 Å². The van der Waals surface area contributed by atoms with Gasteiger partial charge in [-0.2, -0.15) is 0 Å². The molecule has 2 aliphatic rings. The molecule has 2 amide bonds. The number of piperazine rings is 1. The molecule has 3 rings (SSSR count). The second-order valence-corrected chi connectivity index (χ2v) is 6.86. The molecule has 0 bridgehead atoms. The van der Waals surface area contributed by atoms with Crippen LogP contribution in [0.2, 0.25) is 5.02 Å². The zero-order valence-electron chi connectivity index (χ0n) is 13.9. The molecule has 6 heteroatoms. The molecule has 2 heterocycles. The Labute approximate surface area is 148 Å². The first kappa shape index (κ1) is 17.2. The van der Waals surface area contributed by atoms with Crippen molar-refractivity contribution in [1.29, 1.82) is 0 Å². The number of carbonyl (C=O) groups excluding carboxylic acids is 2. The molecule has 2 fully saturated rings. The van der Waals surface area contributed by atoms with Gasteiger partial charge < -0.3 is 14.7 Å². The molecule has 0 unspecified atom stereocenters. The van der Waals surface area contributed by atoms with E-state index >= 15 is 0 Å². The average molecular weight is 350 g/mol. The minimum atomic E-state index is -0.0511. The summed E-state index contributed by atoms with van der Waals surface area (Å²) >= 11 is 6.10. The molecule has 0 spiro atoms. The van der Waals surface area contributed by atoms with E-state index in [-0.39, 0.29) is 11.8 Å². The highest BCUT2D eigenvalue weighted by Gasteiger charge is 2.26. The van der Waals surface area contributed by atoms with E-state index in [1.165, 1.54) is 12.8 Å². The lowest BCUT2D eigenvalue weighted by atomic mass is 10.1. The fourth-order valence-corrected chi connectivity index (χ4v) is 3.60. The number of nitrogens with zero attached hydrogens (tertiary/aromatic N) is 3. The van der Waals surface area contributed by atoms with E-state index in [1.807, 2.05) is 17.0 Å². The minimum absolute atomic E-state index is 0.0511. The van der Waals surface area contributed by atoms with Crippen molar-refractivity contribution < 1.29 is 9.59 Å². The van der Waals surface area contributed by atoms with Crippen molar-refractivity contribution >= 4 is 23.4 Å². The third-order valence-electron chi connectivity index (χ3n) is 4.86. The Morgan fingerprint density at radius 1 is 0.917 bits per heavy atom. The predicted molar refractivity (Wildman–Crippen MR) is 94.2 cm³/mol. The van der Waals surface area contributed by atoms with Crippen LogP contribution in [0.3, 0.4) is 0 Å². The molecule has 0 aliphatic carbocycles. The Balaban J connectivity index is 1.47. The SMILES string of the molecule is O=C(CCN1CCCC1)N1CCN(C(=O)c2ccccc2Cl)CC1. The van der Waals surface area contributed by atoms with Crippen LogP contribution >= 0.6 is 11.6 Å². The summed E-state index contributed by atoms with van der Waals surface area (Å²) in [5.74, 6) is 0.150. The first-order chi connectivity index (χ1) is 11.6. The monoisotopic (exact) mass is 349 g/mol. The minimum Gasteiger partial charge on any atom is -0.339 e. The van der Waals surface area contributed by atoms with Gasteiger partial charge in [-0.3, -0.25) is 9.59 Å². The van der Waals surface area contributed by atoms with Gasteiger partial charge in [-0.05, 0) is 38.1 Å². The molecule has 1 aromatic carbocycles. The summed E-state index contributed by atoms with van der Waals surface area (Å²) in [6, 6.07) is 7.11. The van der Waals surface area contributed by atoms with E-state index in [4.69, 9.17) is 11.6 Å². The third kappa shape index (κ3) is 4.08. The van der Waals surface area contributed by atoms with Crippen LogP contribution in [-0.4, -0.2) is 72.3 Å².